The van der Waals surface area contributed by atoms with E-state index in [4.69, 9.17) is 15.2 Å². The maximum absolute atomic E-state index is 9.18. The fourth-order valence-corrected chi connectivity index (χ4v) is 2.47. The molecule has 2 rings (SSSR count). The number of rotatable bonds is 6. The number of hydrogen-bond acceptors (Lipinski definition) is 5. The summed E-state index contributed by atoms with van der Waals surface area (Å²) in [6.45, 7) is 5.47. The summed E-state index contributed by atoms with van der Waals surface area (Å²) in [6, 6.07) is 7.44. The van der Waals surface area contributed by atoms with Crippen LogP contribution in [0.3, 0.4) is 0 Å². The highest BCUT2D eigenvalue weighted by atomic mass is 16.5. The molecule has 1 aromatic carbocycles. The number of aliphatic hydroxyl groups excluding tert-OH is 1. The molecule has 2 atom stereocenters. The number of ether oxygens (including phenoxy) is 2. The zero-order valence-corrected chi connectivity index (χ0v) is 12.0. The van der Waals surface area contributed by atoms with Gasteiger partial charge in [-0.15, -0.1) is 0 Å². The number of morpholine rings is 1. The Morgan fingerprint density at radius 1 is 1.35 bits per heavy atom. The Balaban J connectivity index is 1.66. The van der Waals surface area contributed by atoms with E-state index < -0.39 is 0 Å². The van der Waals surface area contributed by atoms with Crippen molar-refractivity contribution >= 4 is 5.69 Å². The van der Waals surface area contributed by atoms with Crippen molar-refractivity contribution in [2.45, 2.75) is 25.6 Å². The SMILES string of the molecule is CC1CN(CCCOc2ccc(N)cc2)CC(CO)O1. The topological polar surface area (TPSA) is 68.0 Å². The monoisotopic (exact) mass is 280 g/mol. The van der Waals surface area contributed by atoms with Crippen LogP contribution in [0.15, 0.2) is 24.3 Å². The first kappa shape index (κ1) is 15.1. The second kappa shape index (κ2) is 7.47. The van der Waals surface area contributed by atoms with E-state index in [1.165, 1.54) is 0 Å². The van der Waals surface area contributed by atoms with Gasteiger partial charge in [0, 0.05) is 25.3 Å². The molecule has 0 spiro atoms. The Kier molecular flexibility index (Phi) is 5.64. The zero-order valence-electron chi connectivity index (χ0n) is 12.0. The van der Waals surface area contributed by atoms with Crippen molar-refractivity contribution in [3.63, 3.8) is 0 Å². The van der Waals surface area contributed by atoms with Crippen LogP contribution in [0.25, 0.3) is 0 Å². The van der Waals surface area contributed by atoms with Crippen LogP contribution in [-0.2, 0) is 4.74 Å². The minimum absolute atomic E-state index is 0.0585. The largest absolute Gasteiger partial charge is 0.494 e. The van der Waals surface area contributed by atoms with Crippen molar-refractivity contribution < 1.29 is 14.6 Å². The van der Waals surface area contributed by atoms with Gasteiger partial charge in [-0.3, -0.25) is 4.90 Å². The van der Waals surface area contributed by atoms with E-state index in [1.54, 1.807) is 0 Å². The van der Waals surface area contributed by atoms with E-state index in [-0.39, 0.29) is 18.8 Å². The van der Waals surface area contributed by atoms with Gasteiger partial charge in [-0.05, 0) is 37.6 Å². The lowest BCUT2D eigenvalue weighted by atomic mass is 10.2. The summed E-state index contributed by atoms with van der Waals surface area (Å²) in [6.07, 6.45) is 1.07. The summed E-state index contributed by atoms with van der Waals surface area (Å²) < 4.78 is 11.3. The molecule has 5 heteroatoms. The summed E-state index contributed by atoms with van der Waals surface area (Å²) in [5, 5.41) is 9.18. The van der Waals surface area contributed by atoms with Crippen LogP contribution in [0, 0.1) is 0 Å². The van der Waals surface area contributed by atoms with Gasteiger partial charge in [0.2, 0.25) is 0 Å². The van der Waals surface area contributed by atoms with E-state index in [9.17, 15) is 5.11 Å². The molecular weight excluding hydrogens is 256 g/mol. The van der Waals surface area contributed by atoms with Gasteiger partial charge in [-0.25, -0.2) is 0 Å². The number of nitrogen functional groups attached to an aromatic ring is 1. The fraction of sp³-hybridized carbons (Fsp3) is 0.600. The van der Waals surface area contributed by atoms with Gasteiger partial charge in [0.15, 0.2) is 0 Å². The molecular formula is C15H24N2O3. The van der Waals surface area contributed by atoms with Gasteiger partial charge in [0.05, 0.1) is 25.4 Å². The molecule has 0 amide bonds. The average Bonchev–Trinajstić information content (AvgIpc) is 2.45. The van der Waals surface area contributed by atoms with Gasteiger partial charge >= 0.3 is 0 Å². The lowest BCUT2D eigenvalue weighted by molar-refractivity contribution is -0.0955. The van der Waals surface area contributed by atoms with Gasteiger partial charge in [-0.1, -0.05) is 0 Å². The van der Waals surface area contributed by atoms with Crippen LogP contribution < -0.4 is 10.5 Å². The predicted octanol–water partition coefficient (Wildman–Crippen LogP) is 1.12. The number of aliphatic hydroxyl groups is 1. The Bertz CT molecular complexity index is 397. The van der Waals surface area contributed by atoms with Crippen molar-refractivity contribution in [1.82, 2.24) is 4.90 Å². The molecule has 112 valence electrons. The summed E-state index contributed by atoms with van der Waals surface area (Å²) in [5.41, 5.74) is 6.37. The van der Waals surface area contributed by atoms with Crippen molar-refractivity contribution in [3.8, 4) is 5.75 Å². The third-order valence-corrected chi connectivity index (χ3v) is 3.37. The molecule has 1 aliphatic heterocycles. The molecule has 0 radical (unpaired) electrons. The van der Waals surface area contributed by atoms with E-state index in [0.717, 1.165) is 37.5 Å². The highest BCUT2D eigenvalue weighted by molar-refractivity contribution is 5.41. The molecule has 0 aliphatic carbocycles. The Labute approximate surface area is 120 Å². The number of nitrogens with two attached hydrogens (primary N) is 1. The summed E-state index contributed by atoms with van der Waals surface area (Å²) in [5.74, 6) is 0.850. The maximum atomic E-state index is 9.18. The van der Waals surface area contributed by atoms with Crippen LogP contribution in [0.2, 0.25) is 0 Å². The van der Waals surface area contributed by atoms with Crippen molar-refractivity contribution in [3.05, 3.63) is 24.3 Å². The Morgan fingerprint density at radius 3 is 2.80 bits per heavy atom. The second-order valence-corrected chi connectivity index (χ2v) is 5.28. The standard InChI is InChI=1S/C15H24N2O3/c1-12-9-17(10-15(11-18)20-12)7-2-8-19-14-5-3-13(16)4-6-14/h3-6,12,15,18H,2,7-11,16H2,1H3. The summed E-state index contributed by atoms with van der Waals surface area (Å²) >= 11 is 0. The number of anilines is 1. The molecule has 0 aromatic heterocycles. The van der Waals surface area contributed by atoms with Crippen molar-refractivity contribution in [2.75, 3.05) is 38.6 Å². The third-order valence-electron chi connectivity index (χ3n) is 3.37. The Morgan fingerprint density at radius 2 is 2.10 bits per heavy atom. The molecule has 1 fully saturated rings. The van der Waals surface area contributed by atoms with E-state index in [1.807, 2.05) is 31.2 Å². The fourth-order valence-electron chi connectivity index (χ4n) is 2.47. The average molecular weight is 280 g/mol. The molecule has 5 nitrogen and oxygen atoms in total. The van der Waals surface area contributed by atoms with Gasteiger partial charge in [0.25, 0.3) is 0 Å². The molecule has 20 heavy (non-hydrogen) atoms. The predicted molar refractivity (Wildman–Crippen MR) is 78.8 cm³/mol. The minimum Gasteiger partial charge on any atom is -0.494 e. The molecule has 1 aromatic rings. The third kappa shape index (κ3) is 4.67. The zero-order chi connectivity index (χ0) is 14.4. The quantitative estimate of drug-likeness (QED) is 0.604. The Hall–Kier alpha value is -1.30. The van der Waals surface area contributed by atoms with Crippen LogP contribution in [-0.4, -0.2) is 55.1 Å². The minimum atomic E-state index is -0.0585. The van der Waals surface area contributed by atoms with Crippen LogP contribution in [0.5, 0.6) is 5.75 Å². The molecule has 2 unspecified atom stereocenters. The van der Waals surface area contributed by atoms with Crippen LogP contribution in [0.4, 0.5) is 5.69 Å². The normalized spacial score (nSPS) is 23.7. The van der Waals surface area contributed by atoms with Crippen LogP contribution >= 0.6 is 0 Å². The molecule has 0 bridgehead atoms. The highest BCUT2D eigenvalue weighted by Gasteiger charge is 2.23. The summed E-state index contributed by atoms with van der Waals surface area (Å²) in [7, 11) is 0. The molecule has 1 aliphatic rings. The van der Waals surface area contributed by atoms with Crippen LogP contribution in [0.1, 0.15) is 13.3 Å². The van der Waals surface area contributed by atoms with Gasteiger partial charge < -0.3 is 20.3 Å². The maximum Gasteiger partial charge on any atom is 0.119 e. The number of hydrogen-bond donors (Lipinski definition) is 2. The number of nitrogens with zero attached hydrogens (tertiary/aromatic N) is 1. The van der Waals surface area contributed by atoms with Crippen molar-refractivity contribution in [1.29, 1.82) is 0 Å². The van der Waals surface area contributed by atoms with E-state index in [2.05, 4.69) is 4.90 Å². The van der Waals surface area contributed by atoms with Gasteiger partial charge in [-0.2, -0.15) is 0 Å². The van der Waals surface area contributed by atoms with E-state index in [0.29, 0.717) is 6.61 Å². The first-order chi connectivity index (χ1) is 9.67. The first-order valence-electron chi connectivity index (χ1n) is 7.14. The molecule has 1 heterocycles. The molecule has 3 N–H and O–H groups in total. The molecule has 1 saturated heterocycles. The van der Waals surface area contributed by atoms with Crippen molar-refractivity contribution in [2.24, 2.45) is 0 Å². The second-order valence-electron chi connectivity index (χ2n) is 5.28. The molecule has 0 saturated carbocycles. The lowest BCUT2D eigenvalue weighted by Gasteiger charge is -2.36. The van der Waals surface area contributed by atoms with E-state index >= 15 is 0 Å². The number of benzene rings is 1. The first-order valence-corrected chi connectivity index (χ1v) is 7.14. The summed E-state index contributed by atoms with van der Waals surface area (Å²) in [4.78, 5) is 2.32. The smallest absolute Gasteiger partial charge is 0.119 e. The highest BCUT2D eigenvalue weighted by Crippen LogP contribution is 2.14. The lowest BCUT2D eigenvalue weighted by Crippen LogP contribution is -2.48. The van der Waals surface area contributed by atoms with Gasteiger partial charge in [0.1, 0.15) is 5.75 Å².